The maximum Gasteiger partial charge on any atom is 0.110 e. The van der Waals surface area contributed by atoms with Crippen LogP contribution in [0.5, 0.6) is 0 Å². The highest BCUT2D eigenvalue weighted by molar-refractivity contribution is 7.12. The zero-order chi connectivity index (χ0) is 13.1. The Hall–Kier alpha value is -1.63. The molecule has 3 heteroatoms. The summed E-state index contributed by atoms with van der Waals surface area (Å²) in [7, 11) is 0. The maximum atomic E-state index is 8.84. The maximum absolute atomic E-state index is 8.84. The average molecular weight is 268 g/mol. The molecule has 1 aliphatic carbocycles. The van der Waals surface area contributed by atoms with E-state index in [1.807, 2.05) is 12.1 Å². The fourth-order valence-corrected chi connectivity index (χ4v) is 3.48. The van der Waals surface area contributed by atoms with E-state index in [0.717, 1.165) is 11.4 Å². The molecule has 2 aromatic rings. The molecule has 0 saturated heterocycles. The number of benzene rings is 1. The molecule has 0 spiro atoms. The van der Waals surface area contributed by atoms with Gasteiger partial charge in [0.25, 0.3) is 0 Å². The van der Waals surface area contributed by atoms with Crippen molar-refractivity contribution < 1.29 is 0 Å². The molecule has 0 fully saturated rings. The first-order chi connectivity index (χ1) is 9.36. The van der Waals surface area contributed by atoms with Gasteiger partial charge in [-0.05, 0) is 42.5 Å². The number of nitriles is 1. The van der Waals surface area contributed by atoms with Gasteiger partial charge in [0, 0.05) is 17.5 Å². The summed E-state index contributed by atoms with van der Waals surface area (Å²) in [6.45, 7) is 0.853. The first-order valence-corrected chi connectivity index (χ1v) is 7.48. The van der Waals surface area contributed by atoms with Crippen LogP contribution in [-0.4, -0.2) is 0 Å². The van der Waals surface area contributed by atoms with Crippen LogP contribution in [0.2, 0.25) is 0 Å². The molecule has 19 heavy (non-hydrogen) atoms. The first-order valence-electron chi connectivity index (χ1n) is 6.67. The van der Waals surface area contributed by atoms with Crippen molar-refractivity contribution in [3.63, 3.8) is 0 Å². The zero-order valence-corrected chi connectivity index (χ0v) is 11.5. The molecule has 0 radical (unpaired) electrons. The van der Waals surface area contributed by atoms with Gasteiger partial charge in [0.05, 0.1) is 0 Å². The number of hydrogen-bond donors (Lipinski definition) is 1. The summed E-state index contributed by atoms with van der Waals surface area (Å²) in [5.74, 6) is 0. The molecular weight excluding hydrogens is 252 g/mol. The second-order valence-electron chi connectivity index (χ2n) is 4.90. The SMILES string of the molecule is N#Cc1ccc(CNC2CCCc3ccccc32)s1. The predicted octanol–water partition coefficient (Wildman–Crippen LogP) is 3.79. The summed E-state index contributed by atoms with van der Waals surface area (Å²) in [6, 6.07) is 15.3. The number of nitrogens with zero attached hydrogens (tertiary/aromatic N) is 1. The number of fused-ring (bicyclic) bond motifs is 1. The van der Waals surface area contributed by atoms with E-state index >= 15 is 0 Å². The third-order valence-corrected chi connectivity index (χ3v) is 4.65. The van der Waals surface area contributed by atoms with Gasteiger partial charge >= 0.3 is 0 Å². The normalized spacial score (nSPS) is 17.7. The van der Waals surface area contributed by atoms with Crippen LogP contribution in [-0.2, 0) is 13.0 Å². The van der Waals surface area contributed by atoms with Crippen molar-refractivity contribution in [2.45, 2.75) is 31.8 Å². The molecule has 1 aromatic carbocycles. The molecule has 3 rings (SSSR count). The summed E-state index contributed by atoms with van der Waals surface area (Å²) in [4.78, 5) is 2.03. The van der Waals surface area contributed by atoms with E-state index in [1.165, 1.54) is 35.3 Å². The van der Waals surface area contributed by atoms with Crippen molar-refractivity contribution in [3.05, 3.63) is 57.3 Å². The van der Waals surface area contributed by atoms with Gasteiger partial charge in [-0.15, -0.1) is 11.3 Å². The Morgan fingerprint density at radius 2 is 2.16 bits per heavy atom. The lowest BCUT2D eigenvalue weighted by molar-refractivity contribution is 0.461. The van der Waals surface area contributed by atoms with Crippen molar-refractivity contribution in [2.75, 3.05) is 0 Å². The van der Waals surface area contributed by atoms with Crippen molar-refractivity contribution in [1.82, 2.24) is 5.32 Å². The molecule has 1 N–H and O–H groups in total. The van der Waals surface area contributed by atoms with E-state index < -0.39 is 0 Å². The highest BCUT2D eigenvalue weighted by Crippen LogP contribution is 2.30. The largest absolute Gasteiger partial charge is 0.305 e. The summed E-state index contributed by atoms with van der Waals surface area (Å²) >= 11 is 1.58. The van der Waals surface area contributed by atoms with Gasteiger partial charge in [0.2, 0.25) is 0 Å². The third-order valence-electron chi connectivity index (χ3n) is 3.66. The van der Waals surface area contributed by atoms with E-state index in [9.17, 15) is 0 Å². The topological polar surface area (TPSA) is 35.8 Å². The molecule has 2 nitrogen and oxygen atoms in total. The third kappa shape index (κ3) is 2.70. The molecule has 0 aliphatic heterocycles. The van der Waals surface area contributed by atoms with Crippen LogP contribution in [0.25, 0.3) is 0 Å². The van der Waals surface area contributed by atoms with Crippen LogP contribution in [0.4, 0.5) is 0 Å². The number of rotatable bonds is 3. The minimum atomic E-state index is 0.456. The van der Waals surface area contributed by atoms with E-state index in [0.29, 0.717) is 6.04 Å². The van der Waals surface area contributed by atoms with Crippen LogP contribution in [0.1, 0.15) is 39.8 Å². The highest BCUT2D eigenvalue weighted by Gasteiger charge is 2.19. The van der Waals surface area contributed by atoms with Crippen LogP contribution < -0.4 is 5.32 Å². The molecule has 0 saturated carbocycles. The summed E-state index contributed by atoms with van der Waals surface area (Å²) < 4.78 is 0. The van der Waals surface area contributed by atoms with Crippen molar-refractivity contribution >= 4 is 11.3 Å². The monoisotopic (exact) mass is 268 g/mol. The predicted molar refractivity (Wildman–Crippen MR) is 78.0 cm³/mol. The molecule has 1 atom stereocenters. The Bertz CT molecular complexity index is 609. The standard InChI is InChI=1S/C16H16N2S/c17-10-13-8-9-14(19-13)11-18-16-7-3-5-12-4-1-2-6-15(12)16/h1-2,4,6,8-9,16,18H,3,5,7,11H2. The van der Waals surface area contributed by atoms with Gasteiger partial charge in [0.15, 0.2) is 0 Å². The lowest BCUT2D eigenvalue weighted by Gasteiger charge is -2.26. The van der Waals surface area contributed by atoms with E-state index in [1.54, 1.807) is 11.3 Å². The van der Waals surface area contributed by atoms with Gasteiger partial charge in [-0.25, -0.2) is 0 Å². The Balaban J connectivity index is 1.70. The molecule has 0 bridgehead atoms. The minimum Gasteiger partial charge on any atom is -0.305 e. The van der Waals surface area contributed by atoms with Gasteiger partial charge in [-0.2, -0.15) is 5.26 Å². The van der Waals surface area contributed by atoms with Crippen LogP contribution in [0, 0.1) is 11.3 Å². The number of aryl methyl sites for hydroxylation is 1. The first kappa shape index (κ1) is 12.4. The fourth-order valence-electron chi connectivity index (χ4n) is 2.72. The Kier molecular flexibility index (Phi) is 3.63. The van der Waals surface area contributed by atoms with Crippen molar-refractivity contribution in [3.8, 4) is 6.07 Å². The molecular formula is C16H16N2S. The second kappa shape index (κ2) is 5.56. The Labute approximate surface area is 117 Å². The number of thiophene rings is 1. The van der Waals surface area contributed by atoms with Crippen molar-refractivity contribution in [1.29, 1.82) is 5.26 Å². The van der Waals surface area contributed by atoms with Crippen LogP contribution in [0.3, 0.4) is 0 Å². The average Bonchev–Trinajstić information content (AvgIpc) is 2.93. The number of hydrogen-bond acceptors (Lipinski definition) is 3. The molecule has 0 amide bonds. The zero-order valence-electron chi connectivity index (χ0n) is 10.7. The molecule has 1 unspecified atom stereocenters. The second-order valence-corrected chi connectivity index (χ2v) is 6.07. The fraction of sp³-hybridized carbons (Fsp3) is 0.312. The summed E-state index contributed by atoms with van der Waals surface area (Å²) in [5.41, 5.74) is 2.93. The van der Waals surface area contributed by atoms with Crippen molar-refractivity contribution in [2.24, 2.45) is 0 Å². The number of nitrogens with one attached hydrogen (secondary N) is 1. The van der Waals surface area contributed by atoms with Gasteiger partial charge < -0.3 is 5.32 Å². The molecule has 1 aliphatic rings. The molecule has 96 valence electrons. The van der Waals surface area contributed by atoms with Gasteiger partial charge in [0.1, 0.15) is 10.9 Å². The Morgan fingerprint density at radius 1 is 1.26 bits per heavy atom. The molecule has 1 heterocycles. The highest BCUT2D eigenvalue weighted by atomic mass is 32.1. The van der Waals surface area contributed by atoms with E-state index in [4.69, 9.17) is 5.26 Å². The lowest BCUT2D eigenvalue weighted by Crippen LogP contribution is -2.24. The van der Waals surface area contributed by atoms with Gasteiger partial charge in [-0.1, -0.05) is 24.3 Å². The van der Waals surface area contributed by atoms with Gasteiger partial charge in [-0.3, -0.25) is 0 Å². The summed E-state index contributed by atoms with van der Waals surface area (Å²) in [6.07, 6.45) is 3.65. The van der Waals surface area contributed by atoms with E-state index in [2.05, 4.69) is 35.7 Å². The van der Waals surface area contributed by atoms with E-state index in [-0.39, 0.29) is 0 Å². The smallest absolute Gasteiger partial charge is 0.110 e. The van der Waals surface area contributed by atoms with Crippen LogP contribution >= 0.6 is 11.3 Å². The lowest BCUT2D eigenvalue weighted by atomic mass is 9.88. The minimum absolute atomic E-state index is 0.456. The summed E-state index contributed by atoms with van der Waals surface area (Å²) in [5, 5.41) is 12.5. The Morgan fingerprint density at radius 3 is 3.00 bits per heavy atom. The quantitative estimate of drug-likeness (QED) is 0.919. The van der Waals surface area contributed by atoms with Crippen LogP contribution in [0.15, 0.2) is 36.4 Å². The molecule has 1 aromatic heterocycles.